The summed E-state index contributed by atoms with van der Waals surface area (Å²) in [6.45, 7) is 5.99. The average Bonchev–Trinajstić information content (AvgIpc) is 2.01. The third kappa shape index (κ3) is 4.50. The van der Waals surface area contributed by atoms with Crippen molar-refractivity contribution in [2.45, 2.75) is 26.3 Å². The summed E-state index contributed by atoms with van der Waals surface area (Å²) < 4.78 is 0. The fraction of sp³-hybridized carbons (Fsp3) is 0.364. The maximum absolute atomic E-state index is 11.2. The quantitative estimate of drug-likeness (QED) is 0.405. The van der Waals surface area contributed by atoms with Crippen LogP contribution in [-0.4, -0.2) is 11.8 Å². The zero-order valence-electron chi connectivity index (χ0n) is 9.24. The van der Waals surface area contributed by atoms with Crippen molar-refractivity contribution in [3.63, 3.8) is 0 Å². The van der Waals surface area contributed by atoms with E-state index < -0.39 is 0 Å². The molecule has 1 aromatic rings. The second kappa shape index (κ2) is 5.24. The van der Waals surface area contributed by atoms with Gasteiger partial charge in [0.2, 0.25) is 0 Å². The number of hydrogen-bond acceptors (Lipinski definition) is 2. The first-order chi connectivity index (χ1) is 5.99. The molecule has 0 aliphatic carbocycles. The Bertz CT molecular complexity index is 315. The Kier molecular flexibility index (Phi) is 4.97. The second-order valence-electron chi connectivity index (χ2n) is 3.97. The van der Waals surface area contributed by atoms with E-state index in [0.29, 0.717) is 5.56 Å². The molecular formula is C11H14LiNO. The molecule has 0 spiro atoms. The Labute approximate surface area is 97.2 Å². The van der Waals surface area contributed by atoms with E-state index in [4.69, 9.17) is 0 Å². The largest absolute Gasteiger partial charge is 1.00 e. The van der Waals surface area contributed by atoms with E-state index in [1.54, 1.807) is 24.4 Å². The van der Waals surface area contributed by atoms with Crippen molar-refractivity contribution in [1.82, 2.24) is 0 Å². The summed E-state index contributed by atoms with van der Waals surface area (Å²) in [7, 11) is 0. The van der Waals surface area contributed by atoms with Gasteiger partial charge in [-0.05, 0) is 26.3 Å². The third-order valence-electron chi connectivity index (χ3n) is 1.51. The fourth-order valence-electron chi connectivity index (χ4n) is 0.850. The van der Waals surface area contributed by atoms with Crippen LogP contribution >= 0.6 is 0 Å². The van der Waals surface area contributed by atoms with Gasteiger partial charge in [-0.1, -0.05) is 24.3 Å². The minimum absolute atomic E-state index is 0. The van der Waals surface area contributed by atoms with Crippen LogP contribution < -0.4 is 24.0 Å². The molecule has 0 amide bonds. The smallest absolute Gasteiger partial charge is 0.872 e. The molecule has 3 heteroatoms. The van der Waals surface area contributed by atoms with Crippen LogP contribution in [-0.2, 0) is 0 Å². The summed E-state index contributed by atoms with van der Waals surface area (Å²) >= 11 is 0. The zero-order valence-corrected chi connectivity index (χ0v) is 9.24. The topological polar surface area (TPSA) is 35.4 Å². The second-order valence-corrected chi connectivity index (χ2v) is 3.97. The standard InChI is InChI=1S/C11H15NO.Li/c1-11(2,3)12-8-9-6-4-5-7-10(9)13;/h4-8,13H,1-3H3;/q;+1/p-1. The van der Waals surface area contributed by atoms with Crippen molar-refractivity contribution < 1.29 is 24.0 Å². The minimum atomic E-state index is -0.123. The summed E-state index contributed by atoms with van der Waals surface area (Å²) in [5.41, 5.74) is 0.528. The Morgan fingerprint density at radius 2 is 1.79 bits per heavy atom. The number of hydrogen-bond donors (Lipinski definition) is 0. The molecule has 0 unspecified atom stereocenters. The molecule has 14 heavy (non-hydrogen) atoms. The fourth-order valence-corrected chi connectivity index (χ4v) is 0.850. The third-order valence-corrected chi connectivity index (χ3v) is 1.51. The Hall–Kier alpha value is -0.713. The van der Waals surface area contributed by atoms with Crippen LogP contribution in [0.5, 0.6) is 5.75 Å². The molecule has 70 valence electrons. The monoisotopic (exact) mass is 183 g/mol. The van der Waals surface area contributed by atoms with Crippen LogP contribution in [0.1, 0.15) is 26.3 Å². The van der Waals surface area contributed by atoms with Gasteiger partial charge in [-0.2, -0.15) is 0 Å². The molecule has 1 aromatic carbocycles. The number of benzene rings is 1. The summed E-state index contributed by atoms with van der Waals surface area (Å²) in [6.07, 6.45) is 1.64. The van der Waals surface area contributed by atoms with Gasteiger partial charge in [0.15, 0.2) is 0 Å². The molecule has 0 bridgehead atoms. The molecule has 1 rings (SSSR count). The van der Waals surface area contributed by atoms with Gasteiger partial charge in [0, 0.05) is 6.21 Å². The number of rotatable bonds is 1. The van der Waals surface area contributed by atoms with Crippen molar-refractivity contribution in [2.24, 2.45) is 4.99 Å². The van der Waals surface area contributed by atoms with Gasteiger partial charge in [-0.15, -0.1) is 5.75 Å². The van der Waals surface area contributed by atoms with E-state index in [-0.39, 0.29) is 30.1 Å². The van der Waals surface area contributed by atoms with Crippen molar-refractivity contribution in [1.29, 1.82) is 0 Å². The molecule has 0 N–H and O–H groups in total. The summed E-state index contributed by atoms with van der Waals surface area (Å²) in [5.74, 6) is 0.0236. The molecule has 0 saturated heterocycles. The number of para-hydroxylation sites is 1. The first-order valence-corrected chi connectivity index (χ1v) is 4.30. The van der Waals surface area contributed by atoms with Crippen molar-refractivity contribution in [2.75, 3.05) is 0 Å². The average molecular weight is 183 g/mol. The van der Waals surface area contributed by atoms with Gasteiger partial charge < -0.3 is 5.11 Å². The van der Waals surface area contributed by atoms with Gasteiger partial charge >= 0.3 is 18.9 Å². The van der Waals surface area contributed by atoms with Crippen LogP contribution in [0.15, 0.2) is 29.3 Å². The molecule has 0 aliphatic heterocycles. The maximum Gasteiger partial charge on any atom is 1.00 e. The normalized spacial score (nSPS) is 11.4. The van der Waals surface area contributed by atoms with Crippen molar-refractivity contribution in [3.05, 3.63) is 29.8 Å². The molecule has 2 nitrogen and oxygen atoms in total. The summed E-state index contributed by atoms with van der Waals surface area (Å²) in [4.78, 5) is 4.26. The molecule has 0 aromatic heterocycles. The van der Waals surface area contributed by atoms with E-state index in [2.05, 4.69) is 4.99 Å². The van der Waals surface area contributed by atoms with Gasteiger partial charge in [-0.3, -0.25) is 4.99 Å². The number of nitrogens with zero attached hydrogens (tertiary/aromatic N) is 1. The van der Waals surface area contributed by atoms with Crippen LogP contribution in [0.2, 0.25) is 0 Å². The molecule has 0 atom stereocenters. The molecular weight excluding hydrogens is 169 g/mol. The molecule has 0 saturated carbocycles. The molecule has 0 heterocycles. The predicted molar refractivity (Wildman–Crippen MR) is 53.2 cm³/mol. The van der Waals surface area contributed by atoms with E-state index in [9.17, 15) is 5.11 Å². The SMILES string of the molecule is CC(C)(C)N=Cc1ccccc1[O-].[Li+]. The van der Waals surface area contributed by atoms with Gasteiger partial charge in [-0.25, -0.2) is 0 Å². The minimum Gasteiger partial charge on any atom is -0.872 e. The van der Waals surface area contributed by atoms with Crippen LogP contribution in [0.3, 0.4) is 0 Å². The predicted octanol–water partition coefficient (Wildman–Crippen LogP) is -1.02. The first kappa shape index (κ1) is 13.3. The van der Waals surface area contributed by atoms with Crippen LogP contribution in [0.25, 0.3) is 0 Å². The summed E-state index contributed by atoms with van der Waals surface area (Å²) in [5, 5.41) is 11.2. The van der Waals surface area contributed by atoms with Crippen molar-refractivity contribution >= 4 is 6.21 Å². The Morgan fingerprint density at radius 3 is 2.29 bits per heavy atom. The maximum atomic E-state index is 11.2. The van der Waals surface area contributed by atoms with Crippen LogP contribution in [0, 0.1) is 0 Å². The van der Waals surface area contributed by atoms with Gasteiger partial charge in [0.05, 0.1) is 5.54 Å². The van der Waals surface area contributed by atoms with E-state index in [0.717, 1.165) is 0 Å². The van der Waals surface area contributed by atoms with E-state index in [1.807, 2.05) is 26.8 Å². The molecule has 0 radical (unpaired) electrons. The Morgan fingerprint density at radius 1 is 1.21 bits per heavy atom. The van der Waals surface area contributed by atoms with E-state index in [1.165, 1.54) is 0 Å². The van der Waals surface area contributed by atoms with Gasteiger partial charge in [0.1, 0.15) is 0 Å². The van der Waals surface area contributed by atoms with Crippen molar-refractivity contribution in [3.8, 4) is 5.75 Å². The number of aliphatic imine (C=N–C) groups is 1. The summed E-state index contributed by atoms with van der Waals surface area (Å²) in [6, 6.07) is 6.89. The zero-order chi connectivity index (χ0) is 9.90. The molecule has 0 fully saturated rings. The van der Waals surface area contributed by atoms with Gasteiger partial charge in [0.25, 0.3) is 0 Å². The van der Waals surface area contributed by atoms with E-state index >= 15 is 0 Å². The van der Waals surface area contributed by atoms with Crippen LogP contribution in [0.4, 0.5) is 0 Å². The first-order valence-electron chi connectivity index (χ1n) is 4.30. The molecule has 0 aliphatic rings. The Balaban J connectivity index is 0.00000169.